The number of hydrogen-bond donors (Lipinski definition) is 2. The van der Waals surface area contributed by atoms with Crippen molar-refractivity contribution in [1.29, 1.82) is 0 Å². The Bertz CT molecular complexity index is 875. The van der Waals surface area contributed by atoms with E-state index >= 15 is 0 Å². The Balaban J connectivity index is 1.59. The highest BCUT2D eigenvalue weighted by molar-refractivity contribution is 6.30. The molecular weight excluding hydrogens is 436 g/mol. The monoisotopic (exact) mass is 476 g/mol. The maximum absolute atomic E-state index is 12.8. The molecule has 0 spiro atoms. The highest BCUT2D eigenvalue weighted by atomic mass is 35.5. The average Bonchev–Trinajstić information content (AvgIpc) is 3.10. The van der Waals surface area contributed by atoms with Crippen molar-refractivity contribution >= 4 is 23.4 Å². The molecule has 3 saturated carbocycles. The van der Waals surface area contributed by atoms with E-state index in [1.807, 2.05) is 13.8 Å². The van der Waals surface area contributed by atoms with E-state index in [2.05, 4.69) is 20.4 Å². The molecule has 0 aromatic rings. The molecule has 0 aliphatic heterocycles. The average molecular weight is 477 g/mol. The Hall–Kier alpha value is -1.13. The molecule has 3 fully saturated rings. The number of carboxylic acid groups (broad SMARTS) is 1. The molecule has 0 aromatic heterocycles. The van der Waals surface area contributed by atoms with Crippen molar-refractivity contribution in [2.24, 2.45) is 46.3 Å². The zero-order chi connectivity index (χ0) is 24.3. The van der Waals surface area contributed by atoms with Crippen molar-refractivity contribution in [3.63, 3.8) is 0 Å². The minimum absolute atomic E-state index is 0.0337. The van der Waals surface area contributed by atoms with E-state index in [0.717, 1.165) is 51.4 Å². The molecule has 0 bridgehead atoms. The first kappa shape index (κ1) is 25.0. The summed E-state index contributed by atoms with van der Waals surface area (Å²) < 4.78 is 0. The van der Waals surface area contributed by atoms with Gasteiger partial charge in [-0.2, -0.15) is 0 Å². The third kappa shape index (κ3) is 3.93. The maximum Gasteiger partial charge on any atom is 0.307 e. The maximum atomic E-state index is 12.8. The lowest BCUT2D eigenvalue weighted by molar-refractivity contribution is -0.149. The molecule has 184 valence electrons. The number of allylic oxidation sites excluding steroid dienone is 2. The Labute approximate surface area is 203 Å². The molecule has 4 rings (SSSR count). The summed E-state index contributed by atoms with van der Waals surface area (Å²) in [5.41, 5.74) is 1.83. The number of hydrogen-bond acceptors (Lipinski definition) is 3. The van der Waals surface area contributed by atoms with Gasteiger partial charge in [-0.15, -0.1) is 0 Å². The van der Waals surface area contributed by atoms with Gasteiger partial charge in [-0.05, 0) is 103 Å². The van der Waals surface area contributed by atoms with E-state index in [4.69, 9.17) is 11.6 Å². The van der Waals surface area contributed by atoms with Gasteiger partial charge in [0.1, 0.15) is 0 Å². The van der Waals surface area contributed by atoms with Gasteiger partial charge in [0.25, 0.3) is 0 Å². The fourth-order valence-corrected chi connectivity index (χ4v) is 8.97. The molecule has 0 aromatic carbocycles. The number of carbonyl (C=O) groups is 2. The van der Waals surface area contributed by atoms with Gasteiger partial charge in [-0.25, -0.2) is 0 Å². The molecule has 0 amide bonds. The summed E-state index contributed by atoms with van der Waals surface area (Å²) >= 11 is 6.62. The van der Waals surface area contributed by atoms with Crippen LogP contribution >= 0.6 is 11.6 Å². The Morgan fingerprint density at radius 1 is 1.09 bits per heavy atom. The van der Waals surface area contributed by atoms with Crippen molar-refractivity contribution in [2.75, 3.05) is 0 Å². The smallest absolute Gasteiger partial charge is 0.307 e. The van der Waals surface area contributed by atoms with Gasteiger partial charge in [0, 0.05) is 11.5 Å². The molecule has 0 heterocycles. The normalized spacial score (nSPS) is 41.2. The van der Waals surface area contributed by atoms with Crippen molar-refractivity contribution in [3.8, 4) is 0 Å². The molecule has 2 N–H and O–H groups in total. The highest BCUT2D eigenvalue weighted by Crippen LogP contribution is 2.68. The van der Waals surface area contributed by atoms with Crippen LogP contribution in [-0.4, -0.2) is 28.1 Å². The topological polar surface area (TPSA) is 74.6 Å². The van der Waals surface area contributed by atoms with E-state index in [9.17, 15) is 19.8 Å². The summed E-state index contributed by atoms with van der Waals surface area (Å²) in [7, 11) is 0. The van der Waals surface area contributed by atoms with Gasteiger partial charge in [-0.3, -0.25) is 9.59 Å². The lowest BCUT2D eigenvalue weighted by atomic mass is 9.46. The van der Waals surface area contributed by atoms with Crippen LogP contribution in [0, 0.1) is 46.3 Å². The first-order chi connectivity index (χ1) is 15.4. The van der Waals surface area contributed by atoms with Crippen LogP contribution < -0.4 is 0 Å². The second kappa shape index (κ2) is 8.82. The molecule has 5 heteroatoms. The molecule has 0 saturated heterocycles. The van der Waals surface area contributed by atoms with Crippen molar-refractivity contribution in [1.82, 2.24) is 0 Å². The third-order valence-electron chi connectivity index (χ3n) is 10.5. The van der Waals surface area contributed by atoms with Crippen LogP contribution in [0.25, 0.3) is 0 Å². The first-order valence-electron chi connectivity index (χ1n) is 12.9. The summed E-state index contributed by atoms with van der Waals surface area (Å²) in [4.78, 5) is 25.2. The number of ketones is 1. The second-order valence-electron chi connectivity index (χ2n) is 12.2. The van der Waals surface area contributed by atoms with E-state index in [1.165, 1.54) is 5.57 Å². The molecule has 0 radical (unpaired) electrons. The van der Waals surface area contributed by atoms with Crippen LogP contribution in [0.5, 0.6) is 0 Å². The van der Waals surface area contributed by atoms with Gasteiger partial charge < -0.3 is 10.2 Å². The number of aliphatic hydroxyl groups is 1. The Morgan fingerprint density at radius 3 is 2.42 bits per heavy atom. The molecule has 33 heavy (non-hydrogen) atoms. The largest absolute Gasteiger partial charge is 0.481 e. The molecule has 8 unspecified atom stereocenters. The second-order valence-corrected chi connectivity index (χ2v) is 12.6. The number of aliphatic hydroxyl groups excluding tert-OH is 1. The van der Waals surface area contributed by atoms with Gasteiger partial charge in [0.05, 0.1) is 12.0 Å². The van der Waals surface area contributed by atoms with Gasteiger partial charge in [-0.1, -0.05) is 45.9 Å². The van der Waals surface area contributed by atoms with Crippen LogP contribution in [-0.2, 0) is 9.59 Å². The summed E-state index contributed by atoms with van der Waals surface area (Å²) in [6.45, 7) is 12.5. The van der Waals surface area contributed by atoms with Crippen molar-refractivity contribution in [3.05, 3.63) is 22.8 Å². The SMILES string of the molecule is C=C(C(=O)CC(C(=O)O)C1CCC2C3CCC4=C(Cl)C(O)CCC4(C)C3CCC12C)C(C)C. The zero-order valence-corrected chi connectivity index (χ0v) is 21.5. The molecule has 8 atom stereocenters. The van der Waals surface area contributed by atoms with Gasteiger partial charge >= 0.3 is 5.97 Å². The van der Waals surface area contributed by atoms with Gasteiger partial charge in [0.15, 0.2) is 5.78 Å². The van der Waals surface area contributed by atoms with Crippen LogP contribution in [0.4, 0.5) is 0 Å². The standard InChI is InChI=1S/C28H41ClO4/c1-15(2)16(3)24(31)14-18(26(32)33)20-9-8-19-17-6-7-22-25(29)23(30)11-13-28(22,5)21(17)10-12-27(19,20)4/h15,17-21,23,30H,3,6-14H2,1-2,4-5H3,(H,32,33). The quantitative estimate of drug-likeness (QED) is 0.437. The predicted molar refractivity (Wildman–Crippen MR) is 131 cm³/mol. The van der Waals surface area contributed by atoms with E-state index in [1.54, 1.807) is 0 Å². The van der Waals surface area contributed by atoms with Crippen LogP contribution in [0.3, 0.4) is 0 Å². The lowest BCUT2D eigenvalue weighted by Crippen LogP contribution is -2.52. The number of aliphatic carboxylic acids is 1. The van der Waals surface area contributed by atoms with Crippen LogP contribution in [0.1, 0.15) is 85.5 Å². The number of carboxylic acids is 1. The van der Waals surface area contributed by atoms with Crippen LogP contribution in [0.2, 0.25) is 0 Å². The summed E-state index contributed by atoms with van der Waals surface area (Å²) in [5, 5.41) is 21.2. The molecular formula is C28H41ClO4. The minimum Gasteiger partial charge on any atom is -0.481 e. The number of rotatable bonds is 6. The summed E-state index contributed by atoms with van der Waals surface area (Å²) in [5.74, 6) is 0.134. The molecule has 4 aliphatic rings. The van der Waals surface area contributed by atoms with Crippen LogP contribution in [0.15, 0.2) is 22.8 Å². The third-order valence-corrected chi connectivity index (χ3v) is 11.0. The number of halogens is 1. The van der Waals surface area contributed by atoms with E-state index < -0.39 is 18.0 Å². The number of carbonyl (C=O) groups excluding carboxylic acids is 1. The Kier molecular flexibility index (Phi) is 6.68. The number of Topliss-reactive ketones (excluding diaryl/α,β-unsaturated/α-hetero) is 1. The first-order valence-corrected chi connectivity index (χ1v) is 13.3. The summed E-state index contributed by atoms with van der Waals surface area (Å²) in [6.07, 6.45) is 7.33. The summed E-state index contributed by atoms with van der Waals surface area (Å²) in [6, 6.07) is 0. The lowest BCUT2D eigenvalue weighted by Gasteiger charge is -2.59. The predicted octanol–water partition coefficient (Wildman–Crippen LogP) is 6.37. The fraction of sp³-hybridized carbons (Fsp3) is 0.786. The highest BCUT2D eigenvalue weighted by Gasteiger charge is 2.61. The van der Waals surface area contributed by atoms with E-state index in [-0.39, 0.29) is 34.9 Å². The zero-order valence-electron chi connectivity index (χ0n) is 20.7. The fourth-order valence-electron chi connectivity index (χ4n) is 8.55. The Morgan fingerprint density at radius 2 is 1.79 bits per heavy atom. The van der Waals surface area contributed by atoms with Crippen molar-refractivity contribution in [2.45, 2.75) is 91.6 Å². The minimum atomic E-state index is -0.831. The number of fused-ring (bicyclic) bond motifs is 5. The van der Waals surface area contributed by atoms with E-state index in [0.29, 0.717) is 28.4 Å². The van der Waals surface area contributed by atoms with Gasteiger partial charge in [0.2, 0.25) is 0 Å². The van der Waals surface area contributed by atoms with Crippen molar-refractivity contribution < 1.29 is 19.8 Å². The molecule has 4 nitrogen and oxygen atoms in total. The molecule has 4 aliphatic carbocycles.